The van der Waals surface area contributed by atoms with Gasteiger partial charge in [0, 0.05) is 19.3 Å². The molecule has 0 spiro atoms. The Labute approximate surface area is 498 Å². The number of carbonyl (C=O) groups is 3. The Morgan fingerprint density at radius 2 is 0.494 bits per heavy atom. The predicted molar refractivity (Wildman–Crippen MR) is 352 cm³/mol. The van der Waals surface area contributed by atoms with E-state index in [4.69, 9.17) is 14.2 Å². The Bertz CT molecular complexity index is 1860. The van der Waals surface area contributed by atoms with Gasteiger partial charge in [0.15, 0.2) is 6.10 Å². The summed E-state index contributed by atoms with van der Waals surface area (Å²) < 4.78 is 16.9. The average Bonchev–Trinajstić information content (AvgIpc) is 3.47. The molecule has 0 fully saturated rings. The van der Waals surface area contributed by atoms with Crippen LogP contribution in [0.2, 0.25) is 0 Å². The second-order valence-corrected chi connectivity index (χ2v) is 20.9. The van der Waals surface area contributed by atoms with Gasteiger partial charge in [-0.2, -0.15) is 0 Å². The maximum absolute atomic E-state index is 12.9. The van der Waals surface area contributed by atoms with Gasteiger partial charge in [0.05, 0.1) is 0 Å². The van der Waals surface area contributed by atoms with E-state index in [0.717, 1.165) is 148 Å². The van der Waals surface area contributed by atoms with Crippen LogP contribution in [0.3, 0.4) is 0 Å². The fourth-order valence-electron chi connectivity index (χ4n) is 8.37. The Balaban J connectivity index is 4.56. The standard InChI is InChI=1S/C75H118O6/c1-4-7-10-13-16-19-22-25-28-31-34-36-37-39-41-44-47-50-53-56-59-62-65-68-74(77)80-71-72(70-79-73(76)67-64-61-58-55-52-49-46-43-40-33-30-27-24-21-18-15-12-9-6-3)81-75(78)69-66-63-60-57-54-51-48-45-42-38-35-32-29-26-23-20-17-14-11-8-5-2/h7-8,10-11,16-21,25-30,34-36,38-41,43,47,50,56,59,72H,4-6,9,12-15,22-24,31-33,37,42,44-46,48-49,51-55,57-58,60-71H2,1-3H3/b10-7-,11-8-,19-16-,20-17-,21-18-,28-25-,29-26-,30-27-,36-34-,38-35-,41-39-,43-40-,50-47-,59-56-. The molecule has 0 saturated carbocycles. The number of carbonyl (C=O) groups excluding carboxylic acids is 3. The molecule has 0 radical (unpaired) electrons. The summed E-state index contributed by atoms with van der Waals surface area (Å²) in [6.45, 7) is 6.32. The van der Waals surface area contributed by atoms with Crippen molar-refractivity contribution in [3.63, 3.8) is 0 Å². The van der Waals surface area contributed by atoms with Crippen molar-refractivity contribution in [1.29, 1.82) is 0 Å². The summed E-state index contributed by atoms with van der Waals surface area (Å²) in [5, 5.41) is 0. The third-order valence-corrected chi connectivity index (χ3v) is 13.2. The molecule has 0 heterocycles. The number of ether oxygens (including phenoxy) is 3. The minimum absolute atomic E-state index is 0.114. The number of esters is 3. The highest BCUT2D eigenvalue weighted by atomic mass is 16.6. The Hall–Kier alpha value is -5.23. The van der Waals surface area contributed by atoms with Gasteiger partial charge in [-0.3, -0.25) is 14.4 Å². The summed E-state index contributed by atoms with van der Waals surface area (Å²) in [4.78, 5) is 38.4. The molecule has 0 rings (SSSR count). The highest BCUT2D eigenvalue weighted by molar-refractivity contribution is 5.71. The van der Waals surface area contributed by atoms with Gasteiger partial charge >= 0.3 is 17.9 Å². The second kappa shape index (κ2) is 67.3. The number of rotatable bonds is 57. The zero-order chi connectivity index (χ0) is 58.5. The lowest BCUT2D eigenvalue weighted by atomic mass is 10.1. The fraction of sp³-hybridized carbons (Fsp3) is 0.587. The second-order valence-electron chi connectivity index (χ2n) is 20.9. The first-order valence-electron chi connectivity index (χ1n) is 32.6. The molecule has 0 aromatic rings. The van der Waals surface area contributed by atoms with Crippen molar-refractivity contribution in [3.05, 3.63) is 170 Å². The smallest absolute Gasteiger partial charge is 0.306 e. The summed E-state index contributed by atoms with van der Waals surface area (Å²) >= 11 is 0. The molecule has 0 saturated heterocycles. The van der Waals surface area contributed by atoms with Crippen molar-refractivity contribution in [2.75, 3.05) is 13.2 Å². The van der Waals surface area contributed by atoms with Gasteiger partial charge in [-0.15, -0.1) is 0 Å². The number of hydrogen-bond donors (Lipinski definition) is 0. The lowest BCUT2D eigenvalue weighted by molar-refractivity contribution is -0.167. The van der Waals surface area contributed by atoms with Crippen LogP contribution < -0.4 is 0 Å². The van der Waals surface area contributed by atoms with Crippen molar-refractivity contribution in [2.45, 2.75) is 271 Å². The SMILES string of the molecule is CC/C=C\C/C=C\C/C=C\C/C=C\C/C=C\C/C=C\C/C=C\CCCC(=O)OCC(COC(=O)CCCCCCCC/C=C\C/C=C\C/C=C\CCCCC)OC(=O)CCCCCCCCCC/C=C\C/C=C\C/C=C\C/C=C\CC. The van der Waals surface area contributed by atoms with Crippen LogP contribution >= 0.6 is 0 Å². The molecule has 0 aliphatic heterocycles. The van der Waals surface area contributed by atoms with Crippen LogP contribution in [-0.2, 0) is 28.6 Å². The van der Waals surface area contributed by atoms with Gasteiger partial charge in [0.1, 0.15) is 13.2 Å². The van der Waals surface area contributed by atoms with Gasteiger partial charge in [-0.1, -0.05) is 268 Å². The Morgan fingerprint density at radius 1 is 0.259 bits per heavy atom. The predicted octanol–water partition coefficient (Wildman–Crippen LogP) is 22.7. The normalized spacial score (nSPS) is 13.3. The highest BCUT2D eigenvalue weighted by Crippen LogP contribution is 2.14. The maximum atomic E-state index is 12.9. The van der Waals surface area contributed by atoms with E-state index in [-0.39, 0.29) is 37.5 Å². The molecule has 6 heteroatoms. The average molecular weight is 1120 g/mol. The quantitative estimate of drug-likeness (QED) is 0.0261. The summed E-state index contributed by atoms with van der Waals surface area (Å²) in [5.74, 6) is -0.999. The molecule has 1 unspecified atom stereocenters. The van der Waals surface area contributed by atoms with E-state index in [9.17, 15) is 14.4 Å². The van der Waals surface area contributed by atoms with Crippen LogP contribution in [0.4, 0.5) is 0 Å². The molecular weight excluding hydrogens is 997 g/mol. The first kappa shape index (κ1) is 75.8. The minimum atomic E-state index is -0.823. The van der Waals surface area contributed by atoms with E-state index in [2.05, 4.69) is 191 Å². The third-order valence-electron chi connectivity index (χ3n) is 13.2. The summed E-state index contributed by atoms with van der Waals surface area (Å²) in [5.41, 5.74) is 0. The van der Waals surface area contributed by atoms with E-state index in [1.165, 1.54) is 70.6 Å². The van der Waals surface area contributed by atoms with E-state index in [1.807, 2.05) is 0 Å². The molecule has 0 bridgehead atoms. The van der Waals surface area contributed by atoms with Crippen molar-refractivity contribution < 1.29 is 28.6 Å². The molecular formula is C75H118O6. The molecule has 1 atom stereocenters. The van der Waals surface area contributed by atoms with E-state index in [0.29, 0.717) is 19.3 Å². The van der Waals surface area contributed by atoms with Crippen LogP contribution in [0.15, 0.2) is 170 Å². The monoisotopic (exact) mass is 1110 g/mol. The first-order chi connectivity index (χ1) is 40.0. The highest BCUT2D eigenvalue weighted by Gasteiger charge is 2.19. The fourth-order valence-corrected chi connectivity index (χ4v) is 8.37. The van der Waals surface area contributed by atoms with Crippen LogP contribution in [0.25, 0.3) is 0 Å². The Morgan fingerprint density at radius 3 is 0.802 bits per heavy atom. The van der Waals surface area contributed by atoms with Gasteiger partial charge < -0.3 is 14.2 Å². The van der Waals surface area contributed by atoms with Crippen molar-refractivity contribution in [3.8, 4) is 0 Å². The van der Waals surface area contributed by atoms with E-state index < -0.39 is 6.10 Å². The summed E-state index contributed by atoms with van der Waals surface area (Å²) in [7, 11) is 0. The van der Waals surface area contributed by atoms with E-state index >= 15 is 0 Å². The van der Waals surface area contributed by atoms with Crippen LogP contribution in [0.5, 0.6) is 0 Å². The largest absolute Gasteiger partial charge is 0.462 e. The molecule has 81 heavy (non-hydrogen) atoms. The molecule has 0 aromatic carbocycles. The molecule has 6 nitrogen and oxygen atoms in total. The molecule has 0 N–H and O–H groups in total. The third kappa shape index (κ3) is 65.5. The van der Waals surface area contributed by atoms with Gasteiger partial charge in [-0.25, -0.2) is 0 Å². The van der Waals surface area contributed by atoms with Crippen molar-refractivity contribution in [2.24, 2.45) is 0 Å². The molecule has 0 aliphatic carbocycles. The Kier molecular flexibility index (Phi) is 62.9. The van der Waals surface area contributed by atoms with Gasteiger partial charge in [0.2, 0.25) is 0 Å². The van der Waals surface area contributed by atoms with Gasteiger partial charge in [0.25, 0.3) is 0 Å². The number of unbranched alkanes of at least 4 members (excludes halogenated alkanes) is 18. The van der Waals surface area contributed by atoms with Crippen LogP contribution in [-0.4, -0.2) is 37.2 Å². The molecule has 0 aliphatic rings. The lowest BCUT2D eigenvalue weighted by Crippen LogP contribution is -2.30. The van der Waals surface area contributed by atoms with Crippen LogP contribution in [0.1, 0.15) is 265 Å². The van der Waals surface area contributed by atoms with Crippen LogP contribution in [0, 0.1) is 0 Å². The lowest BCUT2D eigenvalue weighted by Gasteiger charge is -2.18. The maximum Gasteiger partial charge on any atom is 0.306 e. The number of allylic oxidation sites excluding steroid dienone is 28. The van der Waals surface area contributed by atoms with Crippen molar-refractivity contribution >= 4 is 17.9 Å². The summed E-state index contributed by atoms with van der Waals surface area (Å²) in [6, 6.07) is 0. The zero-order valence-electron chi connectivity index (χ0n) is 52.0. The number of hydrogen-bond acceptors (Lipinski definition) is 6. The molecule has 0 amide bonds. The molecule has 454 valence electrons. The minimum Gasteiger partial charge on any atom is -0.462 e. The topological polar surface area (TPSA) is 78.9 Å². The molecule has 0 aromatic heterocycles. The summed E-state index contributed by atoms with van der Waals surface area (Å²) in [6.07, 6.45) is 99.2. The van der Waals surface area contributed by atoms with E-state index in [1.54, 1.807) is 0 Å². The zero-order valence-corrected chi connectivity index (χ0v) is 52.0. The van der Waals surface area contributed by atoms with Gasteiger partial charge in [-0.05, 0) is 148 Å². The first-order valence-corrected chi connectivity index (χ1v) is 32.6. The van der Waals surface area contributed by atoms with Crippen molar-refractivity contribution in [1.82, 2.24) is 0 Å².